The molecule has 2 rings (SSSR count). The van der Waals surface area contributed by atoms with Crippen molar-refractivity contribution in [2.24, 2.45) is 5.73 Å². The van der Waals surface area contributed by atoms with Crippen molar-refractivity contribution in [2.75, 3.05) is 5.32 Å². The Balaban J connectivity index is 1.83. The molecule has 0 spiro atoms. The first-order chi connectivity index (χ1) is 9.44. The minimum atomic E-state index is -0.685. The maximum atomic E-state index is 11.3. The summed E-state index contributed by atoms with van der Waals surface area (Å²) >= 11 is 0. The van der Waals surface area contributed by atoms with E-state index in [2.05, 4.69) is 20.8 Å². The number of carbonyl (C=O) groups excluding carboxylic acids is 3. The number of aromatic nitrogens is 2. The van der Waals surface area contributed by atoms with Crippen molar-refractivity contribution in [3.63, 3.8) is 0 Å². The number of primary amides is 1. The Bertz CT molecular complexity index is 533. The van der Waals surface area contributed by atoms with E-state index in [0.717, 1.165) is 18.5 Å². The van der Waals surface area contributed by atoms with Crippen molar-refractivity contribution in [3.8, 4) is 0 Å². The van der Waals surface area contributed by atoms with Crippen LogP contribution in [0.4, 0.5) is 5.82 Å². The van der Waals surface area contributed by atoms with Crippen LogP contribution in [0.2, 0.25) is 0 Å². The number of nitrogens with one attached hydrogen (secondary N) is 3. The van der Waals surface area contributed by atoms with Crippen LogP contribution in [0.3, 0.4) is 0 Å². The first-order valence-electron chi connectivity index (χ1n) is 6.34. The number of hydrogen-bond acceptors (Lipinski definition) is 4. The van der Waals surface area contributed by atoms with Gasteiger partial charge in [-0.05, 0) is 12.8 Å². The summed E-state index contributed by atoms with van der Waals surface area (Å²) in [5.41, 5.74) is 5.83. The summed E-state index contributed by atoms with van der Waals surface area (Å²) in [7, 11) is 0. The van der Waals surface area contributed by atoms with Gasteiger partial charge in [-0.1, -0.05) is 0 Å². The second-order valence-electron chi connectivity index (χ2n) is 4.97. The van der Waals surface area contributed by atoms with Gasteiger partial charge in [0.15, 0.2) is 5.82 Å². The Morgan fingerprint density at radius 3 is 2.75 bits per heavy atom. The number of carbonyl (C=O) groups is 3. The Hall–Kier alpha value is -2.38. The summed E-state index contributed by atoms with van der Waals surface area (Å²) in [5.74, 6) is -0.538. The smallest absolute Gasteiger partial charge is 0.235 e. The van der Waals surface area contributed by atoms with E-state index in [-0.39, 0.29) is 18.4 Å². The molecule has 108 valence electrons. The Morgan fingerprint density at radius 1 is 1.45 bits per heavy atom. The molecule has 0 aliphatic heterocycles. The van der Waals surface area contributed by atoms with E-state index < -0.39 is 11.8 Å². The number of amides is 3. The highest BCUT2D eigenvalue weighted by atomic mass is 16.2. The van der Waals surface area contributed by atoms with Crippen molar-refractivity contribution < 1.29 is 14.4 Å². The zero-order valence-corrected chi connectivity index (χ0v) is 11.1. The lowest BCUT2D eigenvalue weighted by molar-refractivity contribution is -0.125. The topological polar surface area (TPSA) is 130 Å². The Labute approximate surface area is 115 Å². The van der Waals surface area contributed by atoms with E-state index in [1.807, 2.05) is 0 Å². The van der Waals surface area contributed by atoms with Crippen molar-refractivity contribution >= 4 is 23.5 Å². The third-order valence-corrected chi connectivity index (χ3v) is 3.19. The van der Waals surface area contributed by atoms with E-state index >= 15 is 0 Å². The van der Waals surface area contributed by atoms with Gasteiger partial charge in [0.25, 0.3) is 0 Å². The molecule has 1 aliphatic carbocycles. The molecule has 1 aliphatic rings. The van der Waals surface area contributed by atoms with E-state index in [0.29, 0.717) is 11.7 Å². The second-order valence-corrected chi connectivity index (χ2v) is 4.97. The summed E-state index contributed by atoms with van der Waals surface area (Å²) in [6.45, 7) is 1.50. The van der Waals surface area contributed by atoms with Gasteiger partial charge in [0, 0.05) is 30.6 Å². The normalized spacial score (nSPS) is 20.9. The molecule has 20 heavy (non-hydrogen) atoms. The van der Waals surface area contributed by atoms with Gasteiger partial charge in [-0.15, -0.1) is 0 Å². The zero-order chi connectivity index (χ0) is 14.7. The number of nitrogens with two attached hydrogens (primary N) is 1. The van der Waals surface area contributed by atoms with E-state index in [4.69, 9.17) is 5.73 Å². The molecular weight excluding hydrogens is 262 g/mol. The molecule has 0 aromatic carbocycles. The quantitative estimate of drug-likeness (QED) is 0.546. The Morgan fingerprint density at radius 2 is 2.15 bits per heavy atom. The molecular formula is C12H17N5O3. The van der Waals surface area contributed by atoms with Gasteiger partial charge >= 0.3 is 0 Å². The maximum absolute atomic E-state index is 11.3. The molecule has 1 heterocycles. The van der Waals surface area contributed by atoms with E-state index in [1.54, 1.807) is 6.07 Å². The highest BCUT2D eigenvalue weighted by Gasteiger charge is 2.32. The standard InChI is InChI=1S/C12H17N5O3/c1-6(18)14-8-2-7(3-8)9-4-11(17-16-9)15-12(20)5-10(13)19/h4,7-8H,2-3,5H2,1H3,(H2,13,19)(H,14,18)(H2,15,16,17,20). The third kappa shape index (κ3) is 3.56. The second kappa shape index (κ2) is 5.72. The van der Waals surface area contributed by atoms with E-state index in [9.17, 15) is 14.4 Å². The van der Waals surface area contributed by atoms with Gasteiger partial charge in [-0.25, -0.2) is 0 Å². The predicted molar refractivity (Wildman–Crippen MR) is 70.6 cm³/mol. The molecule has 1 fully saturated rings. The molecule has 0 unspecified atom stereocenters. The lowest BCUT2D eigenvalue weighted by Crippen LogP contribution is -2.42. The van der Waals surface area contributed by atoms with Crippen LogP contribution in [0.15, 0.2) is 6.07 Å². The van der Waals surface area contributed by atoms with Gasteiger partial charge < -0.3 is 16.4 Å². The maximum Gasteiger partial charge on any atom is 0.235 e. The molecule has 1 aromatic heterocycles. The molecule has 1 saturated carbocycles. The molecule has 8 nitrogen and oxygen atoms in total. The van der Waals surface area contributed by atoms with Crippen LogP contribution in [0, 0.1) is 0 Å². The zero-order valence-electron chi connectivity index (χ0n) is 11.1. The third-order valence-electron chi connectivity index (χ3n) is 3.19. The van der Waals surface area contributed by atoms with Crippen LogP contribution < -0.4 is 16.4 Å². The first-order valence-corrected chi connectivity index (χ1v) is 6.34. The molecule has 0 saturated heterocycles. The molecule has 0 bridgehead atoms. The van der Waals surface area contributed by atoms with Gasteiger partial charge in [0.1, 0.15) is 6.42 Å². The summed E-state index contributed by atoms with van der Waals surface area (Å²) in [6, 6.07) is 1.93. The first kappa shape index (κ1) is 14.0. The van der Waals surface area contributed by atoms with Gasteiger partial charge in [-0.3, -0.25) is 19.5 Å². The van der Waals surface area contributed by atoms with E-state index in [1.165, 1.54) is 6.92 Å². The SMILES string of the molecule is CC(=O)NC1CC(c2cc(NC(=O)CC(N)=O)n[nH]2)C1. The molecule has 0 atom stereocenters. The predicted octanol–water partition coefficient (Wildman–Crippen LogP) is -0.394. The van der Waals surface area contributed by atoms with Crippen LogP contribution in [0.5, 0.6) is 0 Å². The number of H-pyrrole nitrogens is 1. The largest absolute Gasteiger partial charge is 0.369 e. The fourth-order valence-electron chi connectivity index (χ4n) is 2.23. The van der Waals surface area contributed by atoms with Gasteiger partial charge in [0.05, 0.1) is 0 Å². The van der Waals surface area contributed by atoms with Crippen molar-refractivity contribution in [3.05, 3.63) is 11.8 Å². The lowest BCUT2D eigenvalue weighted by Gasteiger charge is -2.34. The van der Waals surface area contributed by atoms with Crippen molar-refractivity contribution in [1.82, 2.24) is 15.5 Å². The van der Waals surface area contributed by atoms with Crippen molar-refractivity contribution in [2.45, 2.75) is 38.1 Å². The average molecular weight is 279 g/mol. The summed E-state index contributed by atoms with van der Waals surface area (Å²) < 4.78 is 0. The van der Waals surface area contributed by atoms with Crippen LogP contribution >= 0.6 is 0 Å². The molecule has 8 heteroatoms. The molecule has 3 amide bonds. The number of aromatic amines is 1. The lowest BCUT2D eigenvalue weighted by atomic mass is 9.78. The van der Waals surface area contributed by atoms with Gasteiger partial charge in [0.2, 0.25) is 17.7 Å². The highest BCUT2D eigenvalue weighted by Crippen LogP contribution is 2.36. The van der Waals surface area contributed by atoms with Crippen LogP contribution in [0.25, 0.3) is 0 Å². The number of hydrogen-bond donors (Lipinski definition) is 4. The Kier molecular flexibility index (Phi) is 4.02. The van der Waals surface area contributed by atoms with Crippen LogP contribution in [-0.4, -0.2) is 34.0 Å². The van der Waals surface area contributed by atoms with Crippen molar-refractivity contribution in [1.29, 1.82) is 0 Å². The fraction of sp³-hybridized carbons (Fsp3) is 0.500. The molecule has 0 radical (unpaired) electrons. The number of rotatable bonds is 5. The minimum Gasteiger partial charge on any atom is -0.369 e. The van der Waals surface area contributed by atoms with Crippen LogP contribution in [-0.2, 0) is 14.4 Å². The molecule has 5 N–H and O–H groups in total. The molecule has 1 aromatic rings. The average Bonchev–Trinajstić information content (AvgIpc) is 2.69. The summed E-state index contributed by atoms with van der Waals surface area (Å²) in [6.07, 6.45) is 1.32. The summed E-state index contributed by atoms with van der Waals surface area (Å²) in [4.78, 5) is 32.8. The van der Waals surface area contributed by atoms with Crippen LogP contribution in [0.1, 0.15) is 37.8 Å². The summed E-state index contributed by atoms with van der Waals surface area (Å²) in [5, 5.41) is 12.1. The fourth-order valence-corrected chi connectivity index (χ4v) is 2.23. The minimum absolute atomic E-state index is 0.0301. The number of anilines is 1. The van der Waals surface area contributed by atoms with Gasteiger partial charge in [-0.2, -0.15) is 5.10 Å². The monoisotopic (exact) mass is 279 g/mol. The number of nitrogens with zero attached hydrogens (tertiary/aromatic N) is 1. The highest BCUT2D eigenvalue weighted by molar-refractivity contribution is 6.02.